The fourth-order valence-electron chi connectivity index (χ4n) is 0.525. The van der Waals surface area contributed by atoms with E-state index in [0.29, 0.717) is 0 Å². The van der Waals surface area contributed by atoms with Crippen molar-refractivity contribution < 1.29 is 85.6 Å². The van der Waals surface area contributed by atoms with Crippen LogP contribution >= 0.6 is 46.4 Å². The predicted molar refractivity (Wildman–Crippen MR) is 76.5 cm³/mol. The van der Waals surface area contributed by atoms with Gasteiger partial charge in [0.1, 0.15) is 0 Å². The van der Waals surface area contributed by atoms with Gasteiger partial charge in [-0.25, -0.2) is 0 Å². The molecule has 0 aliphatic rings. The Hall–Kier alpha value is 0.412. The summed E-state index contributed by atoms with van der Waals surface area (Å²) in [5.74, 6) is -6.11. The Morgan fingerprint density at radius 1 is 0.692 bits per heavy atom. The number of alkyl halides is 4. The molecular weight excluding hydrogens is 480 g/mol. The maximum Gasteiger partial charge on any atom is 1.20 e. The van der Waals surface area contributed by atoms with Gasteiger partial charge in [0.2, 0.25) is 16.7 Å². The van der Waals surface area contributed by atoms with E-state index in [0.717, 1.165) is 0 Å². The summed E-state index contributed by atoms with van der Waals surface area (Å²) in [6.45, 7) is 0. The normalized spacial score (nSPS) is 14.0. The zero-order chi connectivity index (χ0) is 20.3. The Bertz CT molecular complexity index is 424. The second-order valence-electron chi connectivity index (χ2n) is 3.26. The van der Waals surface area contributed by atoms with Crippen LogP contribution in [0.1, 0.15) is 0 Å². The first-order valence-corrected chi connectivity index (χ1v) is 8.56. The van der Waals surface area contributed by atoms with E-state index in [1.54, 1.807) is 0 Å². The summed E-state index contributed by atoms with van der Waals surface area (Å²) in [4.78, 5) is 41.9. The van der Waals surface area contributed by atoms with Gasteiger partial charge in [-0.15, -0.1) is 0 Å². The zero-order valence-electron chi connectivity index (χ0n) is 12.5. The largest absolute Gasteiger partial charge is 1.20 e. The monoisotopic (exact) mass is 486 g/mol. The fraction of sp³-hybridized carbons (Fsp3) is 0.500. The van der Waals surface area contributed by atoms with Gasteiger partial charge < -0.3 is 41.7 Å². The summed E-state index contributed by atoms with van der Waals surface area (Å²) < 4.78 is 12.7. The molecule has 0 aliphatic carbocycles. The van der Waals surface area contributed by atoms with Crippen molar-refractivity contribution >= 4 is 85.4 Å². The number of carbonyl (C=O) groups is 4. The summed E-state index contributed by atoms with van der Waals surface area (Å²) in [7, 11) is 0. The Morgan fingerprint density at radius 3 is 1.00 bits per heavy atom. The van der Waals surface area contributed by atoms with E-state index in [1.807, 2.05) is 0 Å². The van der Waals surface area contributed by atoms with Gasteiger partial charge in [0.25, 0.3) is 0 Å². The van der Waals surface area contributed by atoms with Crippen LogP contribution in [0.5, 0.6) is 0 Å². The molecule has 4 N–H and O–H groups in total. The number of carboxylic acids is 1. The van der Waals surface area contributed by atoms with E-state index in [-0.39, 0.29) is 29.6 Å². The molecule has 26 heavy (non-hydrogen) atoms. The number of aliphatic hydroxyl groups is 4. The molecule has 0 aromatic heterocycles. The summed E-state index contributed by atoms with van der Waals surface area (Å²) in [6, 6.07) is 0. The summed E-state index contributed by atoms with van der Waals surface area (Å²) in [6.07, 6.45) is 0. The Labute approximate surface area is 192 Å². The molecule has 0 radical (unpaired) electrons. The van der Waals surface area contributed by atoms with Crippen LogP contribution in [0, 0.1) is 0 Å². The van der Waals surface area contributed by atoms with Gasteiger partial charge >= 0.3 is 62.6 Å². The van der Waals surface area contributed by atoms with E-state index >= 15 is 0 Å². The van der Waals surface area contributed by atoms with E-state index in [1.165, 1.54) is 0 Å². The van der Waals surface area contributed by atoms with E-state index in [9.17, 15) is 24.3 Å². The molecule has 18 heteroatoms. The average Bonchev–Trinajstić information content (AvgIpc) is 2.46. The van der Waals surface area contributed by atoms with Crippen LogP contribution in [0.4, 0.5) is 0 Å². The topological polar surface area (TPSA) is 200 Å². The second kappa shape index (κ2) is 16.4. The van der Waals surface area contributed by atoms with Crippen LogP contribution in [0.25, 0.3) is 0 Å². The number of aliphatic hydroxyl groups excluding tert-OH is 4. The van der Waals surface area contributed by atoms with Gasteiger partial charge in [-0.05, 0) is 0 Å². The molecule has 0 saturated carbocycles. The van der Waals surface area contributed by atoms with E-state index < -0.39 is 61.3 Å². The molecule has 4 unspecified atom stereocenters. The molecule has 0 fully saturated rings. The van der Waals surface area contributed by atoms with Crippen molar-refractivity contribution in [2.24, 2.45) is 0 Å². The van der Waals surface area contributed by atoms with Crippen molar-refractivity contribution in [3.63, 3.8) is 0 Å². The molecule has 0 rings (SSSR count). The molecule has 12 nitrogen and oxygen atoms in total. The molecule has 0 aromatic carbocycles. The van der Waals surface area contributed by atoms with Crippen molar-refractivity contribution in [2.45, 2.75) is 22.3 Å². The Morgan fingerprint density at radius 2 is 0.885 bits per heavy atom. The first kappa shape index (κ1) is 31.1. The van der Waals surface area contributed by atoms with E-state index in [4.69, 9.17) is 55.2 Å². The van der Waals surface area contributed by atoms with Gasteiger partial charge in [-0.1, -0.05) is 46.4 Å². The van der Waals surface area contributed by atoms with Gasteiger partial charge in [0.15, 0.2) is 5.56 Å². The minimum absolute atomic E-state index is 0. The molecule has 0 spiro atoms. The van der Waals surface area contributed by atoms with Gasteiger partial charge in [0, 0.05) is 0 Å². The maximum absolute atomic E-state index is 10.9. The summed E-state index contributed by atoms with van der Waals surface area (Å²) in [5, 5.41) is 42.9. The average molecular weight is 488 g/mol. The minimum atomic E-state index is -3.86. The quantitative estimate of drug-likeness (QED) is 0.196. The number of carboxylic acid groups (broad SMARTS) is 1. The minimum Gasteiger partial charge on any atom is -0.548 e. The standard InChI is InChI=1S/4C2H3ClO3.Al.Na/c4*3-1(4)2(5)6;;/h4*1,4H,(H,5,6);;/q;;;;+3;+1/p-4. The molecular formula is C8H8AlCl4NaO12. The summed E-state index contributed by atoms with van der Waals surface area (Å²) in [5.41, 5.74) is -8.18. The number of halogens is 4. The van der Waals surface area contributed by atoms with Gasteiger partial charge in [-0.3, -0.25) is 14.4 Å². The molecule has 0 aromatic rings. The predicted octanol–water partition coefficient (Wildman–Crippen LogP) is -6.43. The Kier molecular flexibility index (Phi) is 19.6. The first-order valence-electron chi connectivity index (χ1n) is 5.40. The van der Waals surface area contributed by atoms with Crippen molar-refractivity contribution in [3.8, 4) is 0 Å². The van der Waals surface area contributed by atoms with E-state index in [2.05, 4.69) is 23.0 Å². The van der Waals surface area contributed by atoms with Gasteiger partial charge in [-0.2, -0.15) is 0 Å². The first-order chi connectivity index (χ1) is 11.3. The maximum atomic E-state index is 10.9. The third kappa shape index (κ3) is 16.6. The van der Waals surface area contributed by atoms with Crippen molar-refractivity contribution in [1.82, 2.24) is 0 Å². The van der Waals surface area contributed by atoms with Crippen LogP contribution in [-0.2, 0) is 30.5 Å². The van der Waals surface area contributed by atoms with Crippen LogP contribution < -0.4 is 34.7 Å². The fourth-order valence-corrected chi connectivity index (χ4v) is 2.04. The second-order valence-corrected chi connectivity index (χ2v) is 6.20. The van der Waals surface area contributed by atoms with Crippen LogP contribution in [0.2, 0.25) is 0 Å². The van der Waals surface area contributed by atoms with Gasteiger partial charge in [0.05, 0.1) is 5.97 Å². The molecule has 4 atom stereocenters. The zero-order valence-corrected chi connectivity index (χ0v) is 18.6. The summed E-state index contributed by atoms with van der Waals surface area (Å²) >= 11 is 15.5. The number of aliphatic carboxylic acids is 1. The Balaban J connectivity index is -0.000000649. The molecule has 0 aliphatic heterocycles. The smallest absolute Gasteiger partial charge is 0.548 e. The van der Waals surface area contributed by atoms with Crippen molar-refractivity contribution in [2.75, 3.05) is 0 Å². The molecule has 144 valence electrons. The molecule has 0 amide bonds. The van der Waals surface area contributed by atoms with Crippen LogP contribution in [0.15, 0.2) is 0 Å². The number of hydrogen-bond acceptors (Lipinski definition) is 12. The van der Waals surface area contributed by atoms with Crippen molar-refractivity contribution in [3.05, 3.63) is 0 Å². The third-order valence-corrected chi connectivity index (χ3v) is 3.40. The molecule has 0 saturated heterocycles. The number of hydrogen-bond donors (Lipinski definition) is 4. The third-order valence-electron chi connectivity index (χ3n) is 1.42. The van der Waals surface area contributed by atoms with Crippen molar-refractivity contribution in [1.29, 1.82) is 0 Å². The number of rotatable bonds is 7. The SMILES string of the molecule is O=C([O-])C(O)Cl.O=C([O][Al]([O]C(=O)C(O)Cl)[O]C(=O)C(O)Cl)C(O)Cl.[Na+]. The van der Waals surface area contributed by atoms with Crippen LogP contribution in [0.3, 0.4) is 0 Å². The number of carbonyl (C=O) groups excluding carboxylic acids is 4. The van der Waals surface area contributed by atoms with Crippen LogP contribution in [-0.4, -0.2) is 81.7 Å². The molecule has 0 heterocycles. The molecule has 0 bridgehead atoms.